The highest BCUT2D eigenvalue weighted by Crippen LogP contribution is 2.29. The van der Waals surface area contributed by atoms with Crippen LogP contribution in [0.4, 0.5) is 11.6 Å². The van der Waals surface area contributed by atoms with Crippen LogP contribution in [0.1, 0.15) is 11.1 Å². The molecule has 0 amide bonds. The Bertz CT molecular complexity index is 1030. The Labute approximate surface area is 144 Å². The third-order valence-electron chi connectivity index (χ3n) is 4.57. The number of nitrogen functional groups attached to an aromatic ring is 1. The Morgan fingerprint density at radius 3 is 2.40 bits per heavy atom. The molecule has 2 aromatic heterocycles. The van der Waals surface area contributed by atoms with Gasteiger partial charge in [-0.05, 0) is 23.3 Å². The minimum atomic E-state index is 0.375. The summed E-state index contributed by atoms with van der Waals surface area (Å²) in [6, 6.07) is 16.3. The molecule has 0 saturated carbocycles. The second-order valence-electron chi connectivity index (χ2n) is 6.19. The molecule has 5 rings (SSSR count). The zero-order chi connectivity index (χ0) is 16.8. The average Bonchev–Trinajstić information content (AvgIpc) is 3.26. The number of benzene rings is 2. The van der Waals surface area contributed by atoms with Gasteiger partial charge < -0.3 is 15.6 Å². The number of imidazole rings is 1. The predicted molar refractivity (Wildman–Crippen MR) is 97.9 cm³/mol. The molecular formula is C19H16N6. The van der Waals surface area contributed by atoms with Crippen molar-refractivity contribution >= 4 is 22.7 Å². The predicted octanol–water partition coefficient (Wildman–Crippen LogP) is 3.12. The number of anilines is 2. The zero-order valence-corrected chi connectivity index (χ0v) is 13.5. The van der Waals surface area contributed by atoms with Gasteiger partial charge in [0, 0.05) is 13.1 Å². The standard InChI is InChI=1S/C19H16N6/c20-18-17(19-22-14-7-3-4-8-15(14)23-19)24-16(9-21-18)25-10-12-5-1-2-6-13(12)11-25/h1-9H,10-11H2,(H2,20,21)(H,22,23). The summed E-state index contributed by atoms with van der Waals surface area (Å²) >= 11 is 0. The van der Waals surface area contributed by atoms with Gasteiger partial charge in [0.2, 0.25) is 0 Å². The fourth-order valence-corrected chi connectivity index (χ4v) is 3.28. The number of para-hydroxylation sites is 2. The van der Waals surface area contributed by atoms with Gasteiger partial charge in [0.05, 0.1) is 17.2 Å². The maximum absolute atomic E-state index is 6.07. The van der Waals surface area contributed by atoms with Crippen LogP contribution in [-0.2, 0) is 13.1 Å². The van der Waals surface area contributed by atoms with Crippen LogP contribution in [0.15, 0.2) is 54.7 Å². The number of rotatable bonds is 2. The van der Waals surface area contributed by atoms with Crippen LogP contribution in [0.3, 0.4) is 0 Å². The Kier molecular flexibility index (Phi) is 2.97. The summed E-state index contributed by atoms with van der Waals surface area (Å²) in [5.41, 5.74) is 11.2. The van der Waals surface area contributed by atoms with E-state index in [4.69, 9.17) is 10.7 Å². The van der Waals surface area contributed by atoms with Gasteiger partial charge in [0.1, 0.15) is 5.82 Å². The summed E-state index contributed by atoms with van der Waals surface area (Å²) in [4.78, 5) is 19.2. The van der Waals surface area contributed by atoms with Crippen molar-refractivity contribution < 1.29 is 0 Å². The lowest BCUT2D eigenvalue weighted by Gasteiger charge is -2.17. The normalized spacial score (nSPS) is 13.4. The van der Waals surface area contributed by atoms with Crippen LogP contribution in [0.2, 0.25) is 0 Å². The summed E-state index contributed by atoms with van der Waals surface area (Å²) in [5, 5.41) is 0. The summed E-state index contributed by atoms with van der Waals surface area (Å²) in [6.45, 7) is 1.66. The molecule has 0 radical (unpaired) electrons. The third kappa shape index (κ3) is 2.30. The Morgan fingerprint density at radius 1 is 0.920 bits per heavy atom. The molecule has 0 atom stereocenters. The van der Waals surface area contributed by atoms with Gasteiger partial charge in [-0.15, -0.1) is 0 Å². The molecule has 4 aromatic rings. The van der Waals surface area contributed by atoms with E-state index in [9.17, 15) is 0 Å². The van der Waals surface area contributed by atoms with E-state index in [2.05, 4.69) is 44.1 Å². The number of hydrogen-bond donors (Lipinski definition) is 2. The van der Waals surface area contributed by atoms with E-state index < -0.39 is 0 Å². The van der Waals surface area contributed by atoms with Crippen molar-refractivity contribution in [2.75, 3.05) is 10.6 Å². The molecule has 6 nitrogen and oxygen atoms in total. The summed E-state index contributed by atoms with van der Waals surface area (Å²) < 4.78 is 0. The Morgan fingerprint density at radius 2 is 1.64 bits per heavy atom. The number of nitrogens with one attached hydrogen (secondary N) is 1. The van der Waals surface area contributed by atoms with Crippen molar-refractivity contribution in [3.63, 3.8) is 0 Å². The van der Waals surface area contributed by atoms with E-state index in [0.29, 0.717) is 17.3 Å². The van der Waals surface area contributed by atoms with Crippen molar-refractivity contribution in [2.45, 2.75) is 13.1 Å². The van der Waals surface area contributed by atoms with Gasteiger partial charge in [-0.2, -0.15) is 0 Å². The Hall–Kier alpha value is -3.41. The molecule has 1 aliphatic rings. The average molecular weight is 328 g/mol. The lowest BCUT2D eigenvalue weighted by atomic mass is 10.1. The minimum absolute atomic E-state index is 0.375. The number of aromatic amines is 1. The smallest absolute Gasteiger partial charge is 0.161 e. The van der Waals surface area contributed by atoms with Crippen molar-refractivity contribution in [1.82, 2.24) is 19.9 Å². The summed E-state index contributed by atoms with van der Waals surface area (Å²) in [7, 11) is 0. The van der Waals surface area contributed by atoms with Crippen LogP contribution in [0.5, 0.6) is 0 Å². The minimum Gasteiger partial charge on any atom is -0.382 e. The zero-order valence-electron chi connectivity index (χ0n) is 13.5. The van der Waals surface area contributed by atoms with E-state index >= 15 is 0 Å². The molecule has 3 heterocycles. The van der Waals surface area contributed by atoms with Crippen LogP contribution in [-0.4, -0.2) is 19.9 Å². The quantitative estimate of drug-likeness (QED) is 0.590. The van der Waals surface area contributed by atoms with Gasteiger partial charge in [-0.3, -0.25) is 0 Å². The second-order valence-corrected chi connectivity index (χ2v) is 6.19. The van der Waals surface area contributed by atoms with Gasteiger partial charge in [0.15, 0.2) is 17.3 Å². The topological polar surface area (TPSA) is 83.7 Å². The molecule has 2 aromatic carbocycles. The molecule has 122 valence electrons. The molecule has 0 unspecified atom stereocenters. The number of fused-ring (bicyclic) bond motifs is 2. The van der Waals surface area contributed by atoms with Crippen LogP contribution >= 0.6 is 0 Å². The first-order chi connectivity index (χ1) is 12.3. The number of hydrogen-bond acceptors (Lipinski definition) is 5. The van der Waals surface area contributed by atoms with Crippen molar-refractivity contribution in [1.29, 1.82) is 0 Å². The molecule has 1 aliphatic heterocycles. The van der Waals surface area contributed by atoms with E-state index in [1.54, 1.807) is 6.20 Å². The first kappa shape index (κ1) is 14.0. The van der Waals surface area contributed by atoms with Crippen LogP contribution < -0.4 is 10.6 Å². The van der Waals surface area contributed by atoms with E-state index in [-0.39, 0.29) is 0 Å². The molecular weight excluding hydrogens is 312 g/mol. The summed E-state index contributed by atoms with van der Waals surface area (Å²) in [6.07, 6.45) is 1.73. The van der Waals surface area contributed by atoms with Gasteiger partial charge in [-0.1, -0.05) is 36.4 Å². The fourth-order valence-electron chi connectivity index (χ4n) is 3.28. The highest BCUT2D eigenvalue weighted by Gasteiger charge is 2.21. The number of nitrogens with two attached hydrogens (primary N) is 1. The summed E-state index contributed by atoms with van der Waals surface area (Å²) in [5.74, 6) is 1.82. The van der Waals surface area contributed by atoms with E-state index in [1.807, 2.05) is 24.3 Å². The lowest BCUT2D eigenvalue weighted by molar-refractivity contribution is 0.851. The van der Waals surface area contributed by atoms with Gasteiger partial charge in [0.25, 0.3) is 0 Å². The molecule has 0 saturated heterocycles. The molecule has 3 N–H and O–H groups in total. The van der Waals surface area contributed by atoms with E-state index in [1.165, 1.54) is 11.1 Å². The maximum atomic E-state index is 6.07. The van der Waals surface area contributed by atoms with Crippen LogP contribution in [0, 0.1) is 0 Å². The monoisotopic (exact) mass is 328 g/mol. The first-order valence-electron chi connectivity index (χ1n) is 8.17. The highest BCUT2D eigenvalue weighted by molar-refractivity contribution is 5.80. The Balaban J connectivity index is 1.55. The van der Waals surface area contributed by atoms with Crippen molar-refractivity contribution in [2.24, 2.45) is 0 Å². The first-order valence-corrected chi connectivity index (χ1v) is 8.17. The molecule has 0 fully saturated rings. The van der Waals surface area contributed by atoms with Crippen molar-refractivity contribution in [3.8, 4) is 11.5 Å². The second kappa shape index (κ2) is 5.31. The third-order valence-corrected chi connectivity index (χ3v) is 4.57. The lowest BCUT2D eigenvalue weighted by Crippen LogP contribution is -2.17. The fraction of sp³-hybridized carbons (Fsp3) is 0.105. The SMILES string of the molecule is Nc1ncc(N2Cc3ccccc3C2)nc1-c1nc2ccccc2[nH]1. The molecule has 0 spiro atoms. The number of nitrogens with zero attached hydrogens (tertiary/aromatic N) is 4. The van der Waals surface area contributed by atoms with Crippen molar-refractivity contribution in [3.05, 3.63) is 65.9 Å². The number of aromatic nitrogens is 4. The molecule has 0 aliphatic carbocycles. The number of H-pyrrole nitrogens is 1. The molecule has 25 heavy (non-hydrogen) atoms. The van der Waals surface area contributed by atoms with Gasteiger partial charge >= 0.3 is 0 Å². The molecule has 6 heteroatoms. The van der Waals surface area contributed by atoms with Gasteiger partial charge in [-0.25, -0.2) is 15.0 Å². The largest absolute Gasteiger partial charge is 0.382 e. The van der Waals surface area contributed by atoms with E-state index in [0.717, 1.165) is 29.9 Å². The highest BCUT2D eigenvalue weighted by atomic mass is 15.2. The molecule has 0 bridgehead atoms. The van der Waals surface area contributed by atoms with Crippen LogP contribution in [0.25, 0.3) is 22.6 Å². The maximum Gasteiger partial charge on any atom is 0.161 e.